The second-order valence-corrected chi connectivity index (χ2v) is 1.44. The topological polar surface area (TPSA) is 95.4 Å². The normalized spacial score (nSPS) is 7.40. The summed E-state index contributed by atoms with van der Waals surface area (Å²) in [6.07, 6.45) is 0. The monoisotopic (exact) mass is 147 g/mol. The second-order valence-electron chi connectivity index (χ2n) is 1.44. The van der Waals surface area contributed by atoms with Crippen LogP contribution in [0.3, 0.4) is 0 Å². The van der Waals surface area contributed by atoms with Crippen molar-refractivity contribution in [2.75, 3.05) is 0 Å². The SMILES string of the molecule is CC(=O)OC(=O)C(C)=O.N. The van der Waals surface area contributed by atoms with E-state index in [1.54, 1.807) is 0 Å². The highest BCUT2D eigenvalue weighted by Crippen LogP contribution is 1.79. The van der Waals surface area contributed by atoms with Gasteiger partial charge in [-0.15, -0.1) is 0 Å². The lowest BCUT2D eigenvalue weighted by Crippen LogP contribution is -2.16. The zero-order valence-electron chi connectivity index (χ0n) is 5.84. The summed E-state index contributed by atoms with van der Waals surface area (Å²) in [5.41, 5.74) is 0. The molecule has 0 amide bonds. The largest absolute Gasteiger partial charge is 0.387 e. The average Bonchev–Trinajstić information content (AvgIpc) is 1.63. The van der Waals surface area contributed by atoms with Gasteiger partial charge in [0.25, 0.3) is 0 Å². The lowest BCUT2D eigenvalue weighted by molar-refractivity contribution is -0.162. The predicted octanol–water partition coefficient (Wildman–Crippen LogP) is -0.173. The summed E-state index contributed by atoms with van der Waals surface area (Å²) in [6, 6.07) is 0. The summed E-state index contributed by atoms with van der Waals surface area (Å²) in [5.74, 6) is -2.65. The fourth-order valence-electron chi connectivity index (χ4n) is 0.202. The Bertz CT molecular complexity index is 163. The lowest BCUT2D eigenvalue weighted by Gasteiger charge is -1.91. The van der Waals surface area contributed by atoms with Crippen LogP contribution in [0.4, 0.5) is 0 Å². The Morgan fingerprint density at radius 3 is 1.60 bits per heavy atom. The van der Waals surface area contributed by atoms with Crippen molar-refractivity contribution in [2.45, 2.75) is 13.8 Å². The fourth-order valence-corrected chi connectivity index (χ4v) is 0.202. The maximum absolute atomic E-state index is 10.2. The quantitative estimate of drug-likeness (QED) is 0.315. The van der Waals surface area contributed by atoms with Crippen molar-refractivity contribution in [3.8, 4) is 0 Å². The molecule has 0 aromatic carbocycles. The molecule has 58 valence electrons. The summed E-state index contributed by atoms with van der Waals surface area (Å²) in [5, 5.41) is 0. The Labute approximate surface area is 57.9 Å². The maximum Gasteiger partial charge on any atom is 0.381 e. The van der Waals surface area contributed by atoms with E-state index in [1.807, 2.05) is 0 Å². The zero-order valence-corrected chi connectivity index (χ0v) is 5.84. The molecule has 0 aliphatic heterocycles. The van der Waals surface area contributed by atoms with Gasteiger partial charge in [0.1, 0.15) is 0 Å². The highest BCUT2D eigenvalue weighted by Gasteiger charge is 2.10. The van der Waals surface area contributed by atoms with E-state index in [-0.39, 0.29) is 6.15 Å². The summed E-state index contributed by atoms with van der Waals surface area (Å²) < 4.78 is 3.88. The van der Waals surface area contributed by atoms with Gasteiger partial charge in [-0.3, -0.25) is 9.59 Å². The molecule has 10 heavy (non-hydrogen) atoms. The van der Waals surface area contributed by atoms with E-state index in [0.29, 0.717) is 0 Å². The van der Waals surface area contributed by atoms with Gasteiger partial charge in [-0.05, 0) is 0 Å². The number of esters is 2. The number of carbonyl (C=O) groups excluding carboxylic acids is 3. The highest BCUT2D eigenvalue weighted by atomic mass is 16.6. The first-order valence-corrected chi connectivity index (χ1v) is 2.27. The van der Waals surface area contributed by atoms with Crippen LogP contribution in [-0.2, 0) is 19.1 Å². The van der Waals surface area contributed by atoms with Crippen molar-refractivity contribution in [3.63, 3.8) is 0 Å². The number of carbonyl (C=O) groups is 3. The van der Waals surface area contributed by atoms with Crippen LogP contribution in [0.15, 0.2) is 0 Å². The molecule has 0 heterocycles. The minimum Gasteiger partial charge on any atom is -0.387 e. The van der Waals surface area contributed by atoms with Crippen LogP contribution in [-0.4, -0.2) is 17.7 Å². The third kappa shape index (κ3) is 4.92. The number of rotatable bonds is 1. The van der Waals surface area contributed by atoms with E-state index in [9.17, 15) is 14.4 Å². The van der Waals surface area contributed by atoms with Crippen molar-refractivity contribution in [1.82, 2.24) is 6.15 Å². The zero-order chi connectivity index (χ0) is 7.44. The summed E-state index contributed by atoms with van der Waals surface area (Å²) >= 11 is 0. The van der Waals surface area contributed by atoms with Gasteiger partial charge >= 0.3 is 11.9 Å². The van der Waals surface area contributed by atoms with Crippen LogP contribution < -0.4 is 6.15 Å². The molecule has 3 N–H and O–H groups in total. The van der Waals surface area contributed by atoms with Gasteiger partial charge in [0, 0.05) is 13.8 Å². The van der Waals surface area contributed by atoms with Crippen molar-refractivity contribution in [1.29, 1.82) is 0 Å². The maximum atomic E-state index is 10.2. The molecule has 0 saturated heterocycles. The molecule has 5 heteroatoms. The first-order chi connectivity index (χ1) is 4.04. The van der Waals surface area contributed by atoms with Gasteiger partial charge in [-0.2, -0.15) is 0 Å². The molecular weight excluding hydrogens is 138 g/mol. The number of hydrogen-bond donors (Lipinski definition) is 1. The molecule has 0 radical (unpaired) electrons. The third-order valence-electron chi connectivity index (χ3n) is 0.524. The summed E-state index contributed by atoms with van der Waals surface area (Å²) in [4.78, 5) is 30.2. The standard InChI is InChI=1S/C5H6O4.H3N/c1-3(6)5(8)9-4(2)7;/h1-2H3;1H3. The Hall–Kier alpha value is -1.23. The van der Waals surface area contributed by atoms with E-state index in [2.05, 4.69) is 4.74 Å². The second kappa shape index (κ2) is 4.63. The highest BCUT2D eigenvalue weighted by molar-refractivity contribution is 6.34. The third-order valence-corrected chi connectivity index (χ3v) is 0.524. The molecule has 0 spiro atoms. The molecule has 0 atom stereocenters. The van der Waals surface area contributed by atoms with Crippen molar-refractivity contribution >= 4 is 17.7 Å². The Balaban J connectivity index is 0. The van der Waals surface area contributed by atoms with Crippen LogP contribution in [0.2, 0.25) is 0 Å². The Morgan fingerprint density at radius 2 is 1.50 bits per heavy atom. The first kappa shape index (κ1) is 11.6. The van der Waals surface area contributed by atoms with Gasteiger partial charge in [0.05, 0.1) is 0 Å². The van der Waals surface area contributed by atoms with Gasteiger partial charge < -0.3 is 10.9 Å². The van der Waals surface area contributed by atoms with Crippen LogP contribution in [0.25, 0.3) is 0 Å². The first-order valence-electron chi connectivity index (χ1n) is 2.27. The van der Waals surface area contributed by atoms with Gasteiger partial charge in [0.2, 0.25) is 5.78 Å². The van der Waals surface area contributed by atoms with E-state index >= 15 is 0 Å². The molecule has 0 aromatic rings. The summed E-state index contributed by atoms with van der Waals surface area (Å²) in [6.45, 7) is 2.09. The van der Waals surface area contributed by atoms with E-state index < -0.39 is 17.7 Å². The predicted molar refractivity (Wildman–Crippen MR) is 32.5 cm³/mol. The summed E-state index contributed by atoms with van der Waals surface area (Å²) in [7, 11) is 0. The number of hydrogen-bond acceptors (Lipinski definition) is 5. The van der Waals surface area contributed by atoms with Crippen LogP contribution in [0.1, 0.15) is 13.8 Å². The van der Waals surface area contributed by atoms with Gasteiger partial charge in [0.15, 0.2) is 0 Å². The van der Waals surface area contributed by atoms with Crippen molar-refractivity contribution in [2.24, 2.45) is 0 Å². The molecule has 5 nitrogen and oxygen atoms in total. The average molecular weight is 147 g/mol. The molecule has 0 bridgehead atoms. The Kier molecular flexibility index (Phi) is 5.35. The molecule has 0 rings (SSSR count). The van der Waals surface area contributed by atoms with Crippen molar-refractivity contribution in [3.05, 3.63) is 0 Å². The number of ketones is 1. The van der Waals surface area contributed by atoms with Gasteiger partial charge in [-0.25, -0.2) is 4.79 Å². The fraction of sp³-hybridized carbons (Fsp3) is 0.400. The van der Waals surface area contributed by atoms with Crippen LogP contribution >= 0.6 is 0 Å². The van der Waals surface area contributed by atoms with Crippen LogP contribution in [0, 0.1) is 0 Å². The molecule has 0 aromatic heterocycles. The lowest BCUT2D eigenvalue weighted by atomic mass is 10.5. The molecule has 0 aliphatic carbocycles. The Morgan fingerprint density at radius 1 is 1.10 bits per heavy atom. The van der Waals surface area contributed by atoms with Crippen LogP contribution in [0.5, 0.6) is 0 Å². The van der Waals surface area contributed by atoms with E-state index in [4.69, 9.17) is 0 Å². The van der Waals surface area contributed by atoms with Crippen molar-refractivity contribution < 1.29 is 19.1 Å². The molecular formula is C5H9NO4. The molecule has 0 aliphatic rings. The minimum atomic E-state index is -1.11. The van der Waals surface area contributed by atoms with E-state index in [1.165, 1.54) is 0 Å². The van der Waals surface area contributed by atoms with Gasteiger partial charge in [-0.1, -0.05) is 0 Å². The smallest absolute Gasteiger partial charge is 0.381 e. The molecule has 0 saturated carbocycles. The van der Waals surface area contributed by atoms with E-state index in [0.717, 1.165) is 13.8 Å². The molecule has 0 unspecified atom stereocenters. The molecule has 0 fully saturated rings. The number of Topliss-reactive ketones (excluding diaryl/α,β-unsaturated/α-hetero) is 1. The number of ether oxygens (including phenoxy) is 1. The minimum absolute atomic E-state index is 0.